The highest BCUT2D eigenvalue weighted by Crippen LogP contribution is 2.22. The van der Waals surface area contributed by atoms with Gasteiger partial charge in [-0.15, -0.1) is 0 Å². The summed E-state index contributed by atoms with van der Waals surface area (Å²) >= 11 is 0. The minimum atomic E-state index is -0.685. The van der Waals surface area contributed by atoms with Gasteiger partial charge in [-0.3, -0.25) is 14.4 Å². The van der Waals surface area contributed by atoms with Gasteiger partial charge in [0, 0.05) is 31.6 Å². The molecule has 0 bridgehead atoms. The molecule has 0 aliphatic carbocycles. The van der Waals surface area contributed by atoms with Crippen LogP contribution in [0.4, 0.5) is 4.39 Å². The molecule has 28 heavy (non-hydrogen) atoms. The summed E-state index contributed by atoms with van der Waals surface area (Å²) in [5, 5.41) is 5.72. The minimum absolute atomic E-state index is 0.0579. The molecule has 2 rings (SSSR count). The summed E-state index contributed by atoms with van der Waals surface area (Å²) in [6.07, 6.45) is 1.76. The smallest absolute Gasteiger partial charge is 0.251 e. The van der Waals surface area contributed by atoms with Crippen molar-refractivity contribution in [2.75, 3.05) is 19.6 Å². The van der Waals surface area contributed by atoms with E-state index in [2.05, 4.69) is 10.6 Å². The maximum Gasteiger partial charge on any atom is 0.251 e. The Bertz CT molecular complexity index is 683. The lowest BCUT2D eigenvalue weighted by Gasteiger charge is -2.35. The molecule has 1 heterocycles. The first-order chi connectivity index (χ1) is 13.3. The van der Waals surface area contributed by atoms with Crippen LogP contribution in [0.1, 0.15) is 50.4 Å². The zero-order valence-electron chi connectivity index (χ0n) is 16.8. The Kier molecular flexibility index (Phi) is 7.96. The van der Waals surface area contributed by atoms with Crippen LogP contribution >= 0.6 is 0 Å². The van der Waals surface area contributed by atoms with Crippen LogP contribution in [0.25, 0.3) is 0 Å². The van der Waals surface area contributed by atoms with Crippen LogP contribution in [0.3, 0.4) is 0 Å². The summed E-state index contributed by atoms with van der Waals surface area (Å²) in [7, 11) is 0. The number of hydrogen-bond donors (Lipinski definition) is 2. The van der Waals surface area contributed by atoms with Gasteiger partial charge in [0.05, 0.1) is 0 Å². The SMILES string of the molecule is CCC(=O)N1CCC(C(NC(=O)c2ccc(F)cc2)C(=O)NCC(C)C)CC1. The molecular formula is C21H30FN3O3. The van der Waals surface area contributed by atoms with E-state index in [1.54, 1.807) is 4.90 Å². The molecule has 7 heteroatoms. The molecule has 0 aromatic heterocycles. The summed E-state index contributed by atoms with van der Waals surface area (Å²) in [5.41, 5.74) is 0.307. The van der Waals surface area contributed by atoms with Crippen molar-refractivity contribution in [1.29, 1.82) is 0 Å². The zero-order chi connectivity index (χ0) is 20.7. The molecule has 1 aromatic rings. The number of rotatable bonds is 7. The van der Waals surface area contributed by atoms with Crippen molar-refractivity contribution >= 4 is 17.7 Å². The lowest BCUT2D eigenvalue weighted by Crippen LogP contribution is -2.54. The molecule has 1 unspecified atom stereocenters. The first kappa shape index (κ1) is 21.9. The lowest BCUT2D eigenvalue weighted by atomic mass is 9.88. The first-order valence-electron chi connectivity index (χ1n) is 9.93. The van der Waals surface area contributed by atoms with Gasteiger partial charge in [0.2, 0.25) is 11.8 Å². The van der Waals surface area contributed by atoms with Crippen molar-refractivity contribution < 1.29 is 18.8 Å². The Hall–Kier alpha value is -2.44. The number of benzene rings is 1. The topological polar surface area (TPSA) is 78.5 Å². The van der Waals surface area contributed by atoms with Gasteiger partial charge in [-0.2, -0.15) is 0 Å². The van der Waals surface area contributed by atoms with E-state index in [1.165, 1.54) is 24.3 Å². The number of halogens is 1. The summed E-state index contributed by atoms with van der Waals surface area (Å²) in [4.78, 5) is 39.1. The molecule has 154 valence electrons. The van der Waals surface area contributed by atoms with Gasteiger partial charge in [-0.25, -0.2) is 4.39 Å². The second kappa shape index (κ2) is 10.2. The third-order valence-electron chi connectivity index (χ3n) is 5.03. The van der Waals surface area contributed by atoms with Crippen LogP contribution in [0.5, 0.6) is 0 Å². The van der Waals surface area contributed by atoms with E-state index in [1.807, 2.05) is 20.8 Å². The van der Waals surface area contributed by atoms with E-state index in [-0.39, 0.29) is 17.7 Å². The molecule has 1 aromatic carbocycles. The van der Waals surface area contributed by atoms with Gasteiger partial charge in [-0.05, 0) is 48.9 Å². The van der Waals surface area contributed by atoms with Gasteiger partial charge in [-0.1, -0.05) is 20.8 Å². The van der Waals surface area contributed by atoms with Crippen molar-refractivity contribution in [3.63, 3.8) is 0 Å². The average Bonchev–Trinajstić information content (AvgIpc) is 2.70. The van der Waals surface area contributed by atoms with Crippen molar-refractivity contribution in [2.45, 2.75) is 46.1 Å². The predicted molar refractivity (Wildman–Crippen MR) is 105 cm³/mol. The Morgan fingerprint density at radius 1 is 1.14 bits per heavy atom. The average molecular weight is 391 g/mol. The van der Waals surface area contributed by atoms with Crippen LogP contribution in [0, 0.1) is 17.7 Å². The molecule has 2 N–H and O–H groups in total. The summed E-state index contributed by atoms with van der Waals surface area (Å²) < 4.78 is 13.1. The summed E-state index contributed by atoms with van der Waals surface area (Å²) in [6.45, 7) is 7.52. The van der Waals surface area contributed by atoms with E-state index in [0.717, 1.165) is 0 Å². The van der Waals surface area contributed by atoms with Gasteiger partial charge in [0.1, 0.15) is 11.9 Å². The molecule has 0 radical (unpaired) electrons. The van der Waals surface area contributed by atoms with Crippen molar-refractivity contribution in [2.24, 2.45) is 11.8 Å². The minimum Gasteiger partial charge on any atom is -0.354 e. The fourth-order valence-corrected chi connectivity index (χ4v) is 3.34. The number of nitrogens with zero attached hydrogens (tertiary/aromatic N) is 1. The number of nitrogens with one attached hydrogen (secondary N) is 2. The Balaban J connectivity index is 2.08. The molecule has 0 spiro atoms. The number of piperidine rings is 1. The number of hydrogen-bond acceptors (Lipinski definition) is 3. The Labute approximate surface area is 165 Å². The monoisotopic (exact) mass is 391 g/mol. The fraction of sp³-hybridized carbons (Fsp3) is 0.571. The molecule has 1 fully saturated rings. The highest BCUT2D eigenvalue weighted by atomic mass is 19.1. The molecule has 1 atom stereocenters. The molecule has 1 aliphatic rings. The molecule has 6 nitrogen and oxygen atoms in total. The van der Waals surface area contributed by atoms with E-state index in [4.69, 9.17) is 0 Å². The van der Waals surface area contributed by atoms with Crippen molar-refractivity contribution in [3.8, 4) is 0 Å². The molecular weight excluding hydrogens is 361 g/mol. The fourth-order valence-electron chi connectivity index (χ4n) is 3.34. The third-order valence-corrected chi connectivity index (χ3v) is 5.03. The Morgan fingerprint density at radius 3 is 2.29 bits per heavy atom. The summed E-state index contributed by atoms with van der Waals surface area (Å²) in [6, 6.07) is 4.55. The number of carbonyl (C=O) groups excluding carboxylic acids is 3. The van der Waals surface area contributed by atoms with E-state index < -0.39 is 17.8 Å². The Morgan fingerprint density at radius 2 is 1.75 bits per heavy atom. The highest BCUT2D eigenvalue weighted by molar-refractivity contribution is 5.97. The summed E-state index contributed by atoms with van der Waals surface area (Å²) in [5.74, 6) is -0.703. The van der Waals surface area contributed by atoms with Crippen LogP contribution in [-0.4, -0.2) is 48.3 Å². The van der Waals surface area contributed by atoms with Gasteiger partial charge in [0.25, 0.3) is 5.91 Å². The number of amides is 3. The second-order valence-corrected chi connectivity index (χ2v) is 7.67. The second-order valence-electron chi connectivity index (χ2n) is 7.67. The number of carbonyl (C=O) groups is 3. The largest absolute Gasteiger partial charge is 0.354 e. The predicted octanol–water partition coefficient (Wildman–Crippen LogP) is 2.34. The number of likely N-dealkylation sites (tertiary alicyclic amines) is 1. The molecule has 1 aliphatic heterocycles. The zero-order valence-corrected chi connectivity index (χ0v) is 16.8. The van der Waals surface area contributed by atoms with Gasteiger partial charge in [0.15, 0.2) is 0 Å². The molecule has 0 saturated carbocycles. The maximum absolute atomic E-state index is 13.1. The van der Waals surface area contributed by atoms with Crippen molar-refractivity contribution in [1.82, 2.24) is 15.5 Å². The first-order valence-corrected chi connectivity index (χ1v) is 9.93. The lowest BCUT2D eigenvalue weighted by molar-refractivity contribution is -0.132. The van der Waals surface area contributed by atoms with Gasteiger partial charge < -0.3 is 15.5 Å². The van der Waals surface area contributed by atoms with E-state index >= 15 is 0 Å². The maximum atomic E-state index is 13.1. The van der Waals surface area contributed by atoms with Crippen LogP contribution in [0.15, 0.2) is 24.3 Å². The molecule has 3 amide bonds. The third kappa shape index (κ3) is 6.04. The standard InChI is InChI=1S/C21H30FN3O3/c1-4-18(26)25-11-9-15(10-12-25)19(21(28)23-13-14(2)3)24-20(27)16-5-7-17(22)8-6-16/h5-8,14-15,19H,4,9-13H2,1-3H3,(H,23,28)(H,24,27). The van der Waals surface area contributed by atoms with E-state index in [9.17, 15) is 18.8 Å². The van der Waals surface area contributed by atoms with E-state index in [0.29, 0.717) is 50.4 Å². The quantitative estimate of drug-likeness (QED) is 0.749. The van der Waals surface area contributed by atoms with Gasteiger partial charge >= 0.3 is 0 Å². The highest BCUT2D eigenvalue weighted by Gasteiger charge is 2.33. The van der Waals surface area contributed by atoms with Crippen molar-refractivity contribution in [3.05, 3.63) is 35.6 Å². The van der Waals surface area contributed by atoms with Crippen LogP contribution in [0.2, 0.25) is 0 Å². The van der Waals surface area contributed by atoms with Crippen LogP contribution < -0.4 is 10.6 Å². The molecule has 1 saturated heterocycles. The normalized spacial score (nSPS) is 16.0. The van der Waals surface area contributed by atoms with Crippen LogP contribution in [-0.2, 0) is 9.59 Å².